The standard InChI is InChI=1S/C15H18N2O2S/c1-17(9-12-6-7-20-11-12)10-15(18)16-13-4-3-5-14(8-13)19-2/h3-8,11H,9-10H2,1-2H3,(H,16,18). The molecule has 0 saturated heterocycles. The van der Waals surface area contributed by atoms with Crippen LogP contribution >= 0.6 is 11.3 Å². The highest BCUT2D eigenvalue weighted by atomic mass is 32.1. The van der Waals surface area contributed by atoms with E-state index in [0.29, 0.717) is 6.54 Å². The molecule has 0 saturated carbocycles. The summed E-state index contributed by atoms with van der Waals surface area (Å²) in [7, 11) is 3.54. The molecule has 106 valence electrons. The number of nitrogens with zero attached hydrogens (tertiary/aromatic N) is 1. The molecule has 0 spiro atoms. The van der Waals surface area contributed by atoms with Crippen LogP contribution in [0.1, 0.15) is 5.56 Å². The number of carbonyl (C=O) groups is 1. The van der Waals surface area contributed by atoms with E-state index in [1.54, 1.807) is 24.5 Å². The fourth-order valence-corrected chi connectivity index (χ4v) is 2.56. The van der Waals surface area contributed by atoms with Gasteiger partial charge < -0.3 is 10.1 Å². The lowest BCUT2D eigenvalue weighted by molar-refractivity contribution is -0.117. The number of benzene rings is 1. The van der Waals surface area contributed by atoms with Crippen molar-refractivity contribution in [1.29, 1.82) is 0 Å². The molecule has 1 amide bonds. The van der Waals surface area contributed by atoms with Gasteiger partial charge in [-0.05, 0) is 41.6 Å². The number of carbonyl (C=O) groups excluding carboxylic acids is 1. The van der Waals surface area contributed by atoms with Gasteiger partial charge in [0.05, 0.1) is 13.7 Å². The van der Waals surface area contributed by atoms with E-state index in [9.17, 15) is 4.79 Å². The van der Waals surface area contributed by atoms with Gasteiger partial charge in [-0.1, -0.05) is 6.07 Å². The second kappa shape index (κ2) is 7.07. The Morgan fingerprint density at radius 1 is 1.40 bits per heavy atom. The van der Waals surface area contributed by atoms with Gasteiger partial charge in [-0.15, -0.1) is 0 Å². The summed E-state index contributed by atoms with van der Waals surface area (Å²) in [5.41, 5.74) is 1.98. The molecule has 0 aliphatic rings. The fourth-order valence-electron chi connectivity index (χ4n) is 1.90. The number of nitrogens with one attached hydrogen (secondary N) is 1. The summed E-state index contributed by atoms with van der Waals surface area (Å²) in [6.07, 6.45) is 0. The monoisotopic (exact) mass is 290 g/mol. The minimum atomic E-state index is -0.0315. The SMILES string of the molecule is COc1cccc(NC(=O)CN(C)Cc2ccsc2)c1. The second-order valence-corrected chi connectivity index (χ2v) is 5.36. The Kier molecular flexibility index (Phi) is 5.15. The van der Waals surface area contributed by atoms with Crippen LogP contribution < -0.4 is 10.1 Å². The maximum absolute atomic E-state index is 12.0. The van der Waals surface area contributed by atoms with Crippen LogP contribution in [0, 0.1) is 0 Å². The van der Waals surface area contributed by atoms with E-state index >= 15 is 0 Å². The molecule has 1 N–H and O–H groups in total. The molecule has 0 aliphatic heterocycles. The van der Waals surface area contributed by atoms with Crippen LogP contribution in [0.3, 0.4) is 0 Å². The third kappa shape index (κ3) is 4.36. The van der Waals surface area contributed by atoms with Crippen molar-refractivity contribution >= 4 is 22.9 Å². The molecule has 1 heterocycles. The van der Waals surface area contributed by atoms with E-state index in [0.717, 1.165) is 18.0 Å². The van der Waals surface area contributed by atoms with Crippen molar-refractivity contribution < 1.29 is 9.53 Å². The maximum atomic E-state index is 12.0. The number of ether oxygens (including phenoxy) is 1. The highest BCUT2D eigenvalue weighted by Crippen LogP contribution is 2.16. The number of thiophene rings is 1. The van der Waals surface area contributed by atoms with Gasteiger partial charge in [0.2, 0.25) is 5.91 Å². The molecule has 0 fully saturated rings. The van der Waals surface area contributed by atoms with Crippen molar-refractivity contribution in [3.05, 3.63) is 46.7 Å². The summed E-state index contributed by atoms with van der Waals surface area (Å²) in [6, 6.07) is 9.42. The van der Waals surface area contributed by atoms with Gasteiger partial charge in [0.25, 0.3) is 0 Å². The number of likely N-dealkylation sites (N-methyl/N-ethyl adjacent to an activating group) is 1. The lowest BCUT2D eigenvalue weighted by atomic mass is 10.3. The average Bonchev–Trinajstić information content (AvgIpc) is 2.91. The molecular weight excluding hydrogens is 272 g/mol. The fraction of sp³-hybridized carbons (Fsp3) is 0.267. The van der Waals surface area contributed by atoms with Gasteiger partial charge in [0.1, 0.15) is 5.75 Å². The van der Waals surface area contributed by atoms with Crippen molar-refractivity contribution in [1.82, 2.24) is 4.90 Å². The highest BCUT2D eigenvalue weighted by molar-refractivity contribution is 7.07. The molecular formula is C15H18N2O2S. The normalized spacial score (nSPS) is 10.6. The van der Waals surface area contributed by atoms with Gasteiger partial charge in [0, 0.05) is 18.3 Å². The molecule has 0 atom stereocenters. The first-order valence-corrected chi connectivity index (χ1v) is 7.25. The van der Waals surface area contributed by atoms with Crippen LogP contribution in [-0.2, 0) is 11.3 Å². The van der Waals surface area contributed by atoms with Crippen molar-refractivity contribution in [3.8, 4) is 5.75 Å². The van der Waals surface area contributed by atoms with Crippen molar-refractivity contribution in [2.75, 3.05) is 26.0 Å². The number of methoxy groups -OCH3 is 1. The van der Waals surface area contributed by atoms with Crippen LogP contribution in [0.5, 0.6) is 5.75 Å². The van der Waals surface area contributed by atoms with Gasteiger partial charge in [-0.3, -0.25) is 9.69 Å². The van der Waals surface area contributed by atoms with E-state index in [2.05, 4.69) is 16.8 Å². The Balaban J connectivity index is 1.85. The van der Waals surface area contributed by atoms with Crippen molar-refractivity contribution in [2.45, 2.75) is 6.54 Å². The van der Waals surface area contributed by atoms with Gasteiger partial charge in [-0.25, -0.2) is 0 Å². The zero-order valence-corrected chi connectivity index (χ0v) is 12.4. The molecule has 0 bridgehead atoms. The molecule has 0 unspecified atom stereocenters. The van der Waals surface area contributed by atoms with Crippen LogP contribution in [0.15, 0.2) is 41.1 Å². The first-order valence-electron chi connectivity index (χ1n) is 6.31. The third-order valence-corrected chi connectivity index (χ3v) is 3.53. The number of hydrogen-bond acceptors (Lipinski definition) is 4. The maximum Gasteiger partial charge on any atom is 0.238 e. The Morgan fingerprint density at radius 2 is 2.25 bits per heavy atom. The van der Waals surface area contributed by atoms with Gasteiger partial charge >= 0.3 is 0 Å². The summed E-state index contributed by atoms with van der Waals surface area (Å²) >= 11 is 1.67. The molecule has 1 aromatic heterocycles. The Hall–Kier alpha value is -1.85. The smallest absolute Gasteiger partial charge is 0.238 e. The summed E-state index contributed by atoms with van der Waals surface area (Å²) < 4.78 is 5.13. The van der Waals surface area contributed by atoms with E-state index in [4.69, 9.17) is 4.74 Å². The van der Waals surface area contributed by atoms with Crippen LogP contribution in [0.25, 0.3) is 0 Å². The van der Waals surface area contributed by atoms with Crippen LogP contribution in [0.4, 0.5) is 5.69 Å². The summed E-state index contributed by atoms with van der Waals surface area (Å²) in [6.45, 7) is 1.13. The third-order valence-electron chi connectivity index (χ3n) is 2.80. The van der Waals surface area contributed by atoms with Crippen molar-refractivity contribution in [3.63, 3.8) is 0 Å². The summed E-state index contributed by atoms with van der Waals surface area (Å²) in [5.74, 6) is 0.699. The lowest BCUT2D eigenvalue weighted by Gasteiger charge is -2.15. The number of hydrogen-bond donors (Lipinski definition) is 1. The topological polar surface area (TPSA) is 41.6 Å². The van der Waals surface area contributed by atoms with Crippen molar-refractivity contribution in [2.24, 2.45) is 0 Å². The Labute approximate surface area is 123 Å². The molecule has 2 rings (SSSR count). The molecule has 0 aliphatic carbocycles. The Morgan fingerprint density at radius 3 is 2.95 bits per heavy atom. The first kappa shape index (κ1) is 14.6. The van der Waals surface area contributed by atoms with E-state index < -0.39 is 0 Å². The minimum absolute atomic E-state index is 0.0315. The zero-order chi connectivity index (χ0) is 14.4. The van der Waals surface area contributed by atoms with E-state index in [1.165, 1.54) is 5.56 Å². The predicted octanol–water partition coefficient (Wildman–Crippen LogP) is 2.83. The molecule has 5 heteroatoms. The molecule has 4 nitrogen and oxygen atoms in total. The Bertz CT molecular complexity index is 555. The number of amides is 1. The highest BCUT2D eigenvalue weighted by Gasteiger charge is 2.08. The second-order valence-electron chi connectivity index (χ2n) is 4.58. The van der Waals surface area contributed by atoms with E-state index in [-0.39, 0.29) is 5.91 Å². The van der Waals surface area contributed by atoms with Gasteiger partial charge in [-0.2, -0.15) is 11.3 Å². The lowest BCUT2D eigenvalue weighted by Crippen LogP contribution is -2.29. The molecule has 20 heavy (non-hydrogen) atoms. The average molecular weight is 290 g/mol. The van der Waals surface area contributed by atoms with Crippen LogP contribution in [0.2, 0.25) is 0 Å². The first-order chi connectivity index (χ1) is 9.67. The molecule has 2 aromatic rings. The predicted molar refractivity (Wildman–Crippen MR) is 82.3 cm³/mol. The minimum Gasteiger partial charge on any atom is -0.497 e. The molecule has 0 radical (unpaired) electrons. The largest absolute Gasteiger partial charge is 0.497 e. The summed E-state index contributed by atoms with van der Waals surface area (Å²) in [4.78, 5) is 13.9. The van der Waals surface area contributed by atoms with Crippen LogP contribution in [-0.4, -0.2) is 31.5 Å². The zero-order valence-electron chi connectivity index (χ0n) is 11.6. The van der Waals surface area contributed by atoms with Gasteiger partial charge in [0.15, 0.2) is 0 Å². The van der Waals surface area contributed by atoms with E-state index in [1.807, 2.05) is 35.5 Å². The number of anilines is 1. The molecule has 1 aromatic carbocycles. The number of rotatable bonds is 6. The summed E-state index contributed by atoms with van der Waals surface area (Å²) in [5, 5.41) is 7.00. The quantitative estimate of drug-likeness (QED) is 0.889.